The number of nitrogens with zero attached hydrogens (tertiary/aromatic N) is 1. The lowest BCUT2D eigenvalue weighted by atomic mass is 9.76. The third-order valence-electron chi connectivity index (χ3n) is 5.87. The van der Waals surface area contributed by atoms with Crippen LogP contribution in [0.3, 0.4) is 0 Å². The zero-order chi connectivity index (χ0) is 24.6. The van der Waals surface area contributed by atoms with Crippen LogP contribution in [-0.4, -0.2) is 35.2 Å². The minimum Gasteiger partial charge on any atom is -0.493 e. The van der Waals surface area contributed by atoms with Gasteiger partial charge in [0.1, 0.15) is 0 Å². The van der Waals surface area contributed by atoms with Crippen molar-refractivity contribution >= 4 is 34.3 Å². The van der Waals surface area contributed by atoms with Gasteiger partial charge < -0.3 is 14.8 Å². The van der Waals surface area contributed by atoms with E-state index in [0.29, 0.717) is 11.6 Å². The molecule has 1 aromatic heterocycles. The molecule has 2 N–H and O–H groups in total. The number of aliphatic imine (C=N–C) groups is 1. The highest BCUT2D eigenvalue weighted by molar-refractivity contribution is 6.30. The molecule has 1 heterocycles. The van der Waals surface area contributed by atoms with Crippen LogP contribution in [0, 0.1) is 11.7 Å². The standard InChI is InChI=1S/C23H21ClF4N2O3/c1-12(14-7-8-17(24)19(25)20(14)33-3)13(2)22(32,23(26,27)28)11-30-18-6-4-5-16-15(18)9-10-29-21(16)31/h4-13,32H,1-3H3,(H,29,31). The number of alkyl halides is 3. The molecule has 0 aliphatic rings. The molecular formula is C23H21ClF4N2O3. The molecule has 0 spiro atoms. The van der Waals surface area contributed by atoms with Gasteiger partial charge in [-0.15, -0.1) is 0 Å². The number of benzene rings is 2. The Labute approximate surface area is 191 Å². The molecule has 0 saturated heterocycles. The highest BCUT2D eigenvalue weighted by Crippen LogP contribution is 2.45. The van der Waals surface area contributed by atoms with Gasteiger partial charge >= 0.3 is 6.18 Å². The Morgan fingerprint density at radius 1 is 1.15 bits per heavy atom. The fourth-order valence-corrected chi connectivity index (χ4v) is 3.85. The third kappa shape index (κ3) is 4.47. The van der Waals surface area contributed by atoms with Gasteiger partial charge in [-0.1, -0.05) is 37.6 Å². The minimum absolute atomic E-state index is 0.0799. The Morgan fingerprint density at radius 3 is 2.48 bits per heavy atom. The molecule has 0 fully saturated rings. The predicted octanol–water partition coefficient (Wildman–Crippen LogP) is 5.76. The first kappa shape index (κ1) is 24.7. The van der Waals surface area contributed by atoms with E-state index < -0.39 is 35.0 Å². The lowest BCUT2D eigenvalue weighted by Gasteiger charge is -2.36. The number of rotatable bonds is 6. The molecule has 0 saturated carbocycles. The second-order valence-electron chi connectivity index (χ2n) is 7.69. The van der Waals surface area contributed by atoms with Crippen molar-refractivity contribution in [2.45, 2.75) is 31.5 Å². The van der Waals surface area contributed by atoms with E-state index >= 15 is 0 Å². The number of ether oxygens (including phenoxy) is 1. The summed E-state index contributed by atoms with van der Waals surface area (Å²) < 4.78 is 61.7. The Bertz CT molecular complexity index is 1260. The number of nitrogens with one attached hydrogen (secondary N) is 1. The smallest absolute Gasteiger partial charge is 0.422 e. The van der Waals surface area contributed by atoms with Crippen molar-refractivity contribution in [3.63, 3.8) is 0 Å². The summed E-state index contributed by atoms with van der Waals surface area (Å²) in [7, 11) is 1.18. The average Bonchev–Trinajstić information content (AvgIpc) is 2.77. The number of hydrogen-bond donors (Lipinski definition) is 2. The van der Waals surface area contributed by atoms with Crippen LogP contribution < -0.4 is 10.3 Å². The van der Waals surface area contributed by atoms with E-state index in [1.165, 1.54) is 63.6 Å². The molecule has 33 heavy (non-hydrogen) atoms. The van der Waals surface area contributed by atoms with Crippen LogP contribution in [0.15, 0.2) is 52.4 Å². The zero-order valence-corrected chi connectivity index (χ0v) is 18.6. The molecule has 3 aromatic rings. The topological polar surface area (TPSA) is 74.7 Å². The summed E-state index contributed by atoms with van der Waals surface area (Å²) in [6, 6.07) is 8.49. The molecule has 0 aliphatic heterocycles. The van der Waals surface area contributed by atoms with Crippen molar-refractivity contribution in [2.24, 2.45) is 10.9 Å². The quantitative estimate of drug-likeness (QED) is 0.345. The molecule has 2 aromatic carbocycles. The van der Waals surface area contributed by atoms with Gasteiger partial charge in [0.05, 0.1) is 17.8 Å². The summed E-state index contributed by atoms with van der Waals surface area (Å²) in [5, 5.41) is 11.1. The maximum atomic E-state index is 14.4. The van der Waals surface area contributed by atoms with Crippen molar-refractivity contribution in [3.8, 4) is 5.75 Å². The van der Waals surface area contributed by atoms with Gasteiger partial charge in [-0.25, -0.2) is 4.39 Å². The summed E-state index contributed by atoms with van der Waals surface area (Å²) >= 11 is 5.76. The van der Waals surface area contributed by atoms with E-state index in [0.717, 1.165) is 0 Å². The monoisotopic (exact) mass is 484 g/mol. The van der Waals surface area contributed by atoms with E-state index in [-0.39, 0.29) is 27.4 Å². The van der Waals surface area contributed by atoms with Crippen LogP contribution in [0.4, 0.5) is 23.2 Å². The van der Waals surface area contributed by atoms with E-state index in [9.17, 15) is 27.5 Å². The second-order valence-corrected chi connectivity index (χ2v) is 8.09. The summed E-state index contributed by atoms with van der Waals surface area (Å²) in [5.74, 6) is -3.72. The van der Waals surface area contributed by atoms with Crippen molar-refractivity contribution < 1.29 is 27.4 Å². The summed E-state index contributed by atoms with van der Waals surface area (Å²) in [5.41, 5.74) is -3.61. The largest absolute Gasteiger partial charge is 0.493 e. The van der Waals surface area contributed by atoms with Crippen molar-refractivity contribution in [3.05, 3.63) is 69.4 Å². The number of aromatic amines is 1. The van der Waals surface area contributed by atoms with Gasteiger partial charge in [-0.3, -0.25) is 9.79 Å². The molecule has 0 radical (unpaired) electrons. The molecule has 0 aliphatic carbocycles. The average molecular weight is 485 g/mol. The first-order valence-electron chi connectivity index (χ1n) is 9.89. The fourth-order valence-electron chi connectivity index (χ4n) is 3.70. The highest BCUT2D eigenvalue weighted by Gasteiger charge is 2.57. The third-order valence-corrected chi connectivity index (χ3v) is 6.16. The lowest BCUT2D eigenvalue weighted by Crippen LogP contribution is -2.53. The maximum absolute atomic E-state index is 14.4. The number of pyridine rings is 1. The number of methoxy groups -OCH3 is 1. The Kier molecular flexibility index (Phi) is 6.85. The molecule has 0 bridgehead atoms. The van der Waals surface area contributed by atoms with Crippen LogP contribution in [0.5, 0.6) is 5.75 Å². The summed E-state index contributed by atoms with van der Waals surface area (Å²) in [4.78, 5) is 18.4. The SMILES string of the molecule is COc1c(C(C)C(C)C(O)(C=Nc2cccc3c(=O)[nH]ccc23)C(F)(F)F)ccc(Cl)c1F. The van der Waals surface area contributed by atoms with Crippen LogP contribution in [0.2, 0.25) is 5.02 Å². The first-order valence-corrected chi connectivity index (χ1v) is 10.3. The molecule has 3 unspecified atom stereocenters. The molecule has 5 nitrogen and oxygen atoms in total. The van der Waals surface area contributed by atoms with Crippen molar-refractivity contribution in [1.29, 1.82) is 0 Å². The Balaban J connectivity index is 2.08. The summed E-state index contributed by atoms with van der Waals surface area (Å²) in [6.07, 6.45) is -3.33. The molecule has 0 amide bonds. The van der Waals surface area contributed by atoms with Gasteiger partial charge in [0, 0.05) is 34.7 Å². The molecule has 10 heteroatoms. The molecular weight excluding hydrogens is 464 g/mol. The van der Waals surface area contributed by atoms with Crippen LogP contribution in [-0.2, 0) is 0 Å². The maximum Gasteiger partial charge on any atom is 0.422 e. The fraction of sp³-hybridized carbons (Fsp3) is 0.304. The number of aromatic nitrogens is 1. The molecule has 176 valence electrons. The van der Waals surface area contributed by atoms with Crippen LogP contribution >= 0.6 is 11.6 Å². The number of aliphatic hydroxyl groups is 1. The molecule has 3 atom stereocenters. The predicted molar refractivity (Wildman–Crippen MR) is 119 cm³/mol. The van der Waals surface area contributed by atoms with Crippen molar-refractivity contribution in [2.75, 3.05) is 7.11 Å². The van der Waals surface area contributed by atoms with Gasteiger partial charge in [-0.05, 0) is 30.2 Å². The first-order chi connectivity index (χ1) is 15.4. The van der Waals surface area contributed by atoms with Gasteiger partial charge in [0.15, 0.2) is 17.2 Å². The second kappa shape index (κ2) is 9.15. The van der Waals surface area contributed by atoms with E-state index in [1.807, 2.05) is 0 Å². The van der Waals surface area contributed by atoms with Gasteiger partial charge in [0.2, 0.25) is 0 Å². The number of H-pyrrole nitrogens is 1. The van der Waals surface area contributed by atoms with Gasteiger partial charge in [-0.2, -0.15) is 13.2 Å². The number of fused-ring (bicyclic) bond motifs is 1. The Morgan fingerprint density at radius 2 is 1.85 bits per heavy atom. The van der Waals surface area contributed by atoms with E-state index in [1.54, 1.807) is 0 Å². The number of halogens is 5. The zero-order valence-electron chi connectivity index (χ0n) is 17.9. The molecule has 3 rings (SSSR count). The van der Waals surface area contributed by atoms with E-state index in [2.05, 4.69) is 9.98 Å². The van der Waals surface area contributed by atoms with Crippen LogP contribution in [0.1, 0.15) is 25.3 Å². The van der Waals surface area contributed by atoms with Crippen LogP contribution in [0.25, 0.3) is 10.8 Å². The normalized spacial score (nSPS) is 16.0. The number of hydrogen-bond acceptors (Lipinski definition) is 4. The summed E-state index contributed by atoms with van der Waals surface area (Å²) in [6.45, 7) is 2.60. The Hall–Kier alpha value is -2.91. The van der Waals surface area contributed by atoms with E-state index in [4.69, 9.17) is 16.3 Å². The minimum atomic E-state index is -5.11. The highest BCUT2D eigenvalue weighted by atomic mass is 35.5. The van der Waals surface area contributed by atoms with Crippen molar-refractivity contribution in [1.82, 2.24) is 4.98 Å². The lowest BCUT2D eigenvalue weighted by molar-refractivity contribution is -0.246. The van der Waals surface area contributed by atoms with Gasteiger partial charge in [0.25, 0.3) is 5.56 Å².